The zero-order chi connectivity index (χ0) is 10.7. The van der Waals surface area contributed by atoms with Crippen molar-refractivity contribution in [2.24, 2.45) is 7.05 Å². The Hall–Kier alpha value is -1.03. The summed E-state index contributed by atoms with van der Waals surface area (Å²) in [6, 6.07) is 1.93. The fraction of sp³-hybridized carbons (Fsp3) is 0.556. The molecule has 4 nitrogen and oxygen atoms in total. The van der Waals surface area contributed by atoms with Crippen LogP contribution in [-0.2, 0) is 18.4 Å². The summed E-state index contributed by atoms with van der Waals surface area (Å²) in [6.07, 6.45) is 0. The van der Waals surface area contributed by atoms with Crippen molar-refractivity contribution in [2.75, 3.05) is 0 Å². The second kappa shape index (κ2) is 4.46. The summed E-state index contributed by atoms with van der Waals surface area (Å²) < 4.78 is 1.74. The van der Waals surface area contributed by atoms with E-state index in [0.29, 0.717) is 6.54 Å². The number of hydrogen-bond donors (Lipinski definition) is 1. The first-order chi connectivity index (χ1) is 6.50. The molecule has 1 heterocycles. The molecule has 0 bridgehead atoms. The van der Waals surface area contributed by atoms with E-state index in [-0.39, 0.29) is 5.91 Å². The average molecular weight is 216 g/mol. The maximum atomic E-state index is 11.2. The molecule has 1 N–H and O–H groups in total. The predicted octanol–water partition coefficient (Wildman–Crippen LogP) is 0.972. The van der Waals surface area contributed by atoms with Gasteiger partial charge in [0.25, 0.3) is 0 Å². The molecule has 0 radical (unpaired) electrons. The number of nitrogens with one attached hydrogen (secondary N) is 1. The number of amides is 1. The number of aryl methyl sites for hydroxylation is 2. The van der Waals surface area contributed by atoms with Crippen molar-refractivity contribution in [1.29, 1.82) is 0 Å². The molecule has 14 heavy (non-hydrogen) atoms. The number of nitrogens with zero attached hydrogens (tertiary/aromatic N) is 2. The van der Waals surface area contributed by atoms with Crippen LogP contribution < -0.4 is 5.32 Å². The highest BCUT2D eigenvalue weighted by atomic mass is 35.5. The molecular formula is C9H14ClN3O. The molecule has 0 saturated carbocycles. The van der Waals surface area contributed by atoms with Crippen molar-refractivity contribution in [3.63, 3.8) is 0 Å². The molecule has 1 amide bonds. The third-order valence-electron chi connectivity index (χ3n) is 1.90. The molecule has 0 aliphatic rings. The van der Waals surface area contributed by atoms with Gasteiger partial charge in [-0.1, -0.05) is 0 Å². The highest BCUT2D eigenvalue weighted by Gasteiger charge is 2.09. The molecule has 0 fully saturated rings. The maximum absolute atomic E-state index is 11.2. The van der Waals surface area contributed by atoms with Crippen LogP contribution in [0.4, 0.5) is 0 Å². The molecule has 1 rings (SSSR count). The summed E-state index contributed by atoms with van der Waals surface area (Å²) in [7, 11) is 1.85. The van der Waals surface area contributed by atoms with Crippen LogP contribution in [0.2, 0.25) is 0 Å². The van der Waals surface area contributed by atoms with Gasteiger partial charge in [-0.2, -0.15) is 5.10 Å². The van der Waals surface area contributed by atoms with Crippen LogP contribution >= 0.6 is 11.6 Å². The molecule has 1 aromatic rings. The van der Waals surface area contributed by atoms with E-state index in [1.807, 2.05) is 20.0 Å². The van der Waals surface area contributed by atoms with E-state index < -0.39 is 5.38 Å². The van der Waals surface area contributed by atoms with Gasteiger partial charge in [0.2, 0.25) is 5.91 Å². The fourth-order valence-corrected chi connectivity index (χ4v) is 1.23. The van der Waals surface area contributed by atoms with Gasteiger partial charge in [-0.05, 0) is 19.9 Å². The number of halogens is 1. The van der Waals surface area contributed by atoms with Gasteiger partial charge >= 0.3 is 0 Å². The summed E-state index contributed by atoms with van der Waals surface area (Å²) >= 11 is 5.60. The average Bonchev–Trinajstić information content (AvgIpc) is 2.40. The number of alkyl halides is 1. The van der Waals surface area contributed by atoms with Crippen LogP contribution in [-0.4, -0.2) is 21.1 Å². The van der Waals surface area contributed by atoms with Crippen molar-refractivity contribution in [3.8, 4) is 0 Å². The summed E-state index contributed by atoms with van der Waals surface area (Å²) in [5, 5.41) is 6.39. The molecule has 0 saturated heterocycles. The Balaban J connectivity index is 2.54. The zero-order valence-corrected chi connectivity index (χ0v) is 9.30. The van der Waals surface area contributed by atoms with E-state index in [1.54, 1.807) is 11.6 Å². The fourth-order valence-electron chi connectivity index (χ4n) is 1.15. The first-order valence-corrected chi connectivity index (χ1v) is 4.85. The highest BCUT2D eigenvalue weighted by molar-refractivity contribution is 6.30. The van der Waals surface area contributed by atoms with Gasteiger partial charge in [0, 0.05) is 7.05 Å². The van der Waals surface area contributed by atoms with E-state index in [4.69, 9.17) is 11.6 Å². The smallest absolute Gasteiger partial charge is 0.238 e. The minimum Gasteiger partial charge on any atom is -0.349 e. The van der Waals surface area contributed by atoms with Gasteiger partial charge < -0.3 is 5.32 Å². The SMILES string of the molecule is Cc1cc(CNC(=O)C(C)Cl)n(C)n1. The monoisotopic (exact) mass is 215 g/mol. The van der Waals surface area contributed by atoms with Crippen LogP contribution in [0, 0.1) is 6.92 Å². The Bertz CT molecular complexity index is 333. The molecule has 0 aromatic carbocycles. The van der Waals surface area contributed by atoms with Gasteiger partial charge in [-0.15, -0.1) is 11.6 Å². The first-order valence-electron chi connectivity index (χ1n) is 4.42. The maximum Gasteiger partial charge on any atom is 0.238 e. The summed E-state index contributed by atoms with van der Waals surface area (Å²) in [4.78, 5) is 11.2. The minimum atomic E-state index is -0.496. The van der Waals surface area contributed by atoms with Crippen LogP contribution in [0.15, 0.2) is 6.07 Å². The molecule has 1 atom stereocenters. The molecule has 0 aliphatic carbocycles. The lowest BCUT2D eigenvalue weighted by Gasteiger charge is -2.06. The molecular weight excluding hydrogens is 202 g/mol. The van der Waals surface area contributed by atoms with Crippen LogP contribution in [0.3, 0.4) is 0 Å². The molecule has 0 spiro atoms. The molecule has 5 heteroatoms. The van der Waals surface area contributed by atoms with Gasteiger partial charge in [0.15, 0.2) is 0 Å². The molecule has 1 unspecified atom stereocenters. The second-order valence-corrected chi connectivity index (χ2v) is 3.89. The Morgan fingerprint density at radius 1 is 1.79 bits per heavy atom. The normalized spacial score (nSPS) is 12.6. The standard InChI is InChI=1S/C9H14ClN3O/c1-6-4-8(13(3)12-6)5-11-9(14)7(2)10/h4,7H,5H2,1-3H3,(H,11,14). The number of hydrogen-bond acceptors (Lipinski definition) is 2. The second-order valence-electron chi connectivity index (χ2n) is 3.23. The topological polar surface area (TPSA) is 46.9 Å². The van der Waals surface area contributed by atoms with E-state index in [2.05, 4.69) is 10.4 Å². The Kier molecular flexibility index (Phi) is 3.52. The highest BCUT2D eigenvalue weighted by Crippen LogP contribution is 2.01. The third-order valence-corrected chi connectivity index (χ3v) is 2.10. The largest absolute Gasteiger partial charge is 0.349 e. The van der Waals surface area contributed by atoms with E-state index in [0.717, 1.165) is 11.4 Å². The zero-order valence-electron chi connectivity index (χ0n) is 8.54. The van der Waals surface area contributed by atoms with Crippen molar-refractivity contribution >= 4 is 17.5 Å². The number of carbonyl (C=O) groups excluding carboxylic acids is 1. The Morgan fingerprint density at radius 2 is 2.43 bits per heavy atom. The van der Waals surface area contributed by atoms with Gasteiger partial charge in [-0.3, -0.25) is 9.48 Å². The lowest BCUT2D eigenvalue weighted by atomic mass is 10.3. The first kappa shape index (κ1) is 11.0. The van der Waals surface area contributed by atoms with Crippen molar-refractivity contribution < 1.29 is 4.79 Å². The van der Waals surface area contributed by atoms with Gasteiger partial charge in [-0.25, -0.2) is 0 Å². The van der Waals surface area contributed by atoms with E-state index >= 15 is 0 Å². The lowest BCUT2D eigenvalue weighted by Crippen LogP contribution is -2.29. The third kappa shape index (κ3) is 2.73. The van der Waals surface area contributed by atoms with Crippen molar-refractivity contribution in [2.45, 2.75) is 25.8 Å². The van der Waals surface area contributed by atoms with Crippen molar-refractivity contribution in [1.82, 2.24) is 15.1 Å². The number of aromatic nitrogens is 2. The summed E-state index contributed by atoms with van der Waals surface area (Å²) in [5.74, 6) is -0.162. The summed E-state index contributed by atoms with van der Waals surface area (Å²) in [6.45, 7) is 4.02. The van der Waals surface area contributed by atoms with Crippen LogP contribution in [0.25, 0.3) is 0 Å². The van der Waals surface area contributed by atoms with Gasteiger partial charge in [0.05, 0.1) is 17.9 Å². The predicted molar refractivity (Wildman–Crippen MR) is 55.1 cm³/mol. The Morgan fingerprint density at radius 3 is 2.86 bits per heavy atom. The molecule has 0 aliphatic heterocycles. The number of carbonyl (C=O) groups is 1. The lowest BCUT2D eigenvalue weighted by molar-refractivity contribution is -0.120. The van der Waals surface area contributed by atoms with Crippen LogP contribution in [0.1, 0.15) is 18.3 Å². The Labute approximate surface area is 88.2 Å². The summed E-state index contributed by atoms with van der Waals surface area (Å²) in [5.41, 5.74) is 1.91. The molecule has 1 aromatic heterocycles. The van der Waals surface area contributed by atoms with E-state index in [9.17, 15) is 4.79 Å². The molecule has 78 valence electrons. The van der Waals surface area contributed by atoms with Crippen molar-refractivity contribution in [3.05, 3.63) is 17.5 Å². The minimum absolute atomic E-state index is 0.162. The number of rotatable bonds is 3. The van der Waals surface area contributed by atoms with Gasteiger partial charge in [0.1, 0.15) is 5.38 Å². The van der Waals surface area contributed by atoms with E-state index in [1.165, 1.54) is 0 Å². The van der Waals surface area contributed by atoms with Crippen LogP contribution in [0.5, 0.6) is 0 Å². The quantitative estimate of drug-likeness (QED) is 0.764.